The first-order valence-corrected chi connectivity index (χ1v) is 5.93. The van der Waals surface area contributed by atoms with Crippen molar-refractivity contribution >= 4 is 5.69 Å². The summed E-state index contributed by atoms with van der Waals surface area (Å²) in [6, 6.07) is 9.41. The van der Waals surface area contributed by atoms with Gasteiger partial charge in [0, 0.05) is 11.8 Å². The molecule has 0 fully saturated rings. The van der Waals surface area contributed by atoms with Gasteiger partial charge in [0.25, 0.3) is 0 Å². The highest BCUT2D eigenvalue weighted by molar-refractivity contribution is 5.57. The summed E-state index contributed by atoms with van der Waals surface area (Å²) in [5.74, 6) is 1.05. The van der Waals surface area contributed by atoms with Gasteiger partial charge in [-0.05, 0) is 38.5 Å². The second-order valence-corrected chi connectivity index (χ2v) is 4.48. The zero-order valence-corrected chi connectivity index (χ0v) is 11.2. The van der Waals surface area contributed by atoms with Crippen molar-refractivity contribution in [2.24, 2.45) is 0 Å². The van der Waals surface area contributed by atoms with Crippen LogP contribution in [-0.4, -0.2) is 4.98 Å². The lowest BCUT2D eigenvalue weighted by molar-refractivity contribution is 0.481. The van der Waals surface area contributed by atoms with Gasteiger partial charge < -0.3 is 10.5 Å². The molecule has 0 amide bonds. The summed E-state index contributed by atoms with van der Waals surface area (Å²) in [7, 11) is 0. The molecule has 2 N–H and O–H groups in total. The third-order valence-corrected chi connectivity index (χ3v) is 2.79. The number of nitriles is 1. The number of nitrogen functional groups attached to an aromatic ring is 1. The van der Waals surface area contributed by atoms with Crippen molar-refractivity contribution in [1.29, 1.82) is 5.26 Å². The molecule has 96 valence electrons. The monoisotopic (exact) mass is 253 g/mol. The predicted molar refractivity (Wildman–Crippen MR) is 74.1 cm³/mol. The largest absolute Gasteiger partial charge is 0.454 e. The van der Waals surface area contributed by atoms with Crippen molar-refractivity contribution in [2.75, 3.05) is 5.73 Å². The Morgan fingerprint density at radius 1 is 1.16 bits per heavy atom. The van der Waals surface area contributed by atoms with Crippen LogP contribution in [0.5, 0.6) is 11.5 Å². The molecule has 0 aliphatic rings. The molecule has 0 bridgehead atoms. The van der Waals surface area contributed by atoms with E-state index in [4.69, 9.17) is 10.5 Å². The molecule has 0 unspecified atom stereocenters. The number of pyridine rings is 1. The van der Waals surface area contributed by atoms with Crippen molar-refractivity contribution < 1.29 is 4.74 Å². The van der Waals surface area contributed by atoms with E-state index in [1.165, 1.54) is 0 Å². The molecule has 0 saturated heterocycles. The van der Waals surface area contributed by atoms with Gasteiger partial charge in [-0.1, -0.05) is 6.07 Å². The molecule has 1 aromatic heterocycles. The van der Waals surface area contributed by atoms with E-state index < -0.39 is 0 Å². The number of hydrogen-bond acceptors (Lipinski definition) is 4. The average Bonchev–Trinajstić information content (AvgIpc) is 2.33. The summed E-state index contributed by atoms with van der Waals surface area (Å²) >= 11 is 0. The number of aryl methyl sites for hydroxylation is 3. The Labute approximate surface area is 112 Å². The molecule has 2 rings (SSSR count). The maximum atomic E-state index is 9.19. The summed E-state index contributed by atoms with van der Waals surface area (Å²) < 4.78 is 5.79. The standard InChI is InChI=1S/C15H15N3O/c1-9-4-5-13(17)15(6-9)19-14-7-10(2)18-11(3)12(14)8-16/h4-7H,17H2,1-3H3. The lowest BCUT2D eigenvalue weighted by Crippen LogP contribution is -1.98. The lowest BCUT2D eigenvalue weighted by atomic mass is 10.1. The minimum atomic E-state index is 0.437. The van der Waals surface area contributed by atoms with Crippen LogP contribution >= 0.6 is 0 Å². The highest BCUT2D eigenvalue weighted by Crippen LogP contribution is 2.31. The molecule has 4 nitrogen and oxygen atoms in total. The van der Waals surface area contributed by atoms with Crippen molar-refractivity contribution in [1.82, 2.24) is 4.98 Å². The second-order valence-electron chi connectivity index (χ2n) is 4.48. The Hall–Kier alpha value is -2.54. The van der Waals surface area contributed by atoms with Crippen LogP contribution in [-0.2, 0) is 0 Å². The molecule has 4 heteroatoms. The van der Waals surface area contributed by atoms with E-state index in [1.807, 2.05) is 26.0 Å². The van der Waals surface area contributed by atoms with E-state index >= 15 is 0 Å². The Bertz CT molecular complexity index is 672. The van der Waals surface area contributed by atoms with Crippen LogP contribution in [0.25, 0.3) is 0 Å². The van der Waals surface area contributed by atoms with E-state index in [9.17, 15) is 5.26 Å². The van der Waals surface area contributed by atoms with Gasteiger partial charge in [-0.2, -0.15) is 5.26 Å². The quantitative estimate of drug-likeness (QED) is 0.834. The number of nitrogens with two attached hydrogens (primary N) is 1. The Balaban J connectivity index is 2.49. The number of rotatable bonds is 2. The third kappa shape index (κ3) is 2.66. The Morgan fingerprint density at radius 3 is 2.58 bits per heavy atom. The van der Waals surface area contributed by atoms with Gasteiger partial charge in [-0.15, -0.1) is 0 Å². The van der Waals surface area contributed by atoms with Crippen LogP contribution in [0.1, 0.15) is 22.5 Å². The highest BCUT2D eigenvalue weighted by atomic mass is 16.5. The smallest absolute Gasteiger partial charge is 0.150 e. The maximum Gasteiger partial charge on any atom is 0.150 e. The second kappa shape index (κ2) is 4.99. The molecule has 0 aliphatic carbocycles. The minimum Gasteiger partial charge on any atom is -0.454 e. The molecule has 0 atom stereocenters. The molecule has 0 saturated carbocycles. The van der Waals surface area contributed by atoms with Crippen LogP contribution < -0.4 is 10.5 Å². The van der Waals surface area contributed by atoms with Crippen LogP contribution in [0.15, 0.2) is 24.3 Å². The number of benzene rings is 1. The molecule has 0 aliphatic heterocycles. The summed E-state index contributed by atoms with van der Waals surface area (Å²) in [5.41, 5.74) is 9.37. The predicted octanol–water partition coefficient (Wildman–Crippen LogP) is 3.25. The van der Waals surface area contributed by atoms with Crippen molar-refractivity contribution in [3.63, 3.8) is 0 Å². The third-order valence-electron chi connectivity index (χ3n) is 2.79. The lowest BCUT2D eigenvalue weighted by Gasteiger charge is -2.12. The van der Waals surface area contributed by atoms with Crippen molar-refractivity contribution in [3.8, 4) is 17.6 Å². The van der Waals surface area contributed by atoms with Crippen LogP contribution in [0.3, 0.4) is 0 Å². The molecule has 19 heavy (non-hydrogen) atoms. The first-order chi connectivity index (χ1) is 9.01. The summed E-state index contributed by atoms with van der Waals surface area (Å²) in [6.07, 6.45) is 0. The van der Waals surface area contributed by atoms with Crippen LogP contribution in [0, 0.1) is 32.1 Å². The normalized spacial score (nSPS) is 10.0. The van der Waals surface area contributed by atoms with Crippen molar-refractivity contribution in [2.45, 2.75) is 20.8 Å². The molecule has 0 spiro atoms. The fraction of sp³-hybridized carbons (Fsp3) is 0.200. The number of aromatic nitrogens is 1. The van der Waals surface area contributed by atoms with E-state index in [1.54, 1.807) is 19.1 Å². The highest BCUT2D eigenvalue weighted by Gasteiger charge is 2.11. The van der Waals surface area contributed by atoms with E-state index in [0.717, 1.165) is 11.3 Å². The number of nitrogens with zero attached hydrogens (tertiary/aromatic N) is 2. The minimum absolute atomic E-state index is 0.437. The fourth-order valence-electron chi connectivity index (χ4n) is 1.86. The van der Waals surface area contributed by atoms with Gasteiger partial charge in [-0.3, -0.25) is 4.98 Å². The number of anilines is 1. The van der Waals surface area contributed by atoms with Gasteiger partial charge in [0.15, 0.2) is 5.75 Å². The molecule has 2 aromatic rings. The fourth-order valence-corrected chi connectivity index (χ4v) is 1.86. The maximum absolute atomic E-state index is 9.19. The van der Waals surface area contributed by atoms with Crippen molar-refractivity contribution in [3.05, 3.63) is 46.8 Å². The summed E-state index contributed by atoms with van der Waals surface area (Å²) in [4.78, 5) is 4.25. The van der Waals surface area contributed by atoms with E-state index in [2.05, 4.69) is 11.1 Å². The summed E-state index contributed by atoms with van der Waals surface area (Å²) in [5, 5.41) is 9.19. The molecule has 1 heterocycles. The molecule has 0 radical (unpaired) electrons. The topological polar surface area (TPSA) is 71.9 Å². The first kappa shape index (κ1) is 12.9. The van der Waals surface area contributed by atoms with Gasteiger partial charge in [-0.25, -0.2) is 0 Å². The van der Waals surface area contributed by atoms with Gasteiger partial charge >= 0.3 is 0 Å². The molecular formula is C15H15N3O. The van der Waals surface area contributed by atoms with Crippen LogP contribution in [0.4, 0.5) is 5.69 Å². The Morgan fingerprint density at radius 2 is 1.89 bits per heavy atom. The molecule has 1 aromatic carbocycles. The molecular weight excluding hydrogens is 238 g/mol. The number of ether oxygens (including phenoxy) is 1. The van der Waals surface area contributed by atoms with Gasteiger partial charge in [0.2, 0.25) is 0 Å². The van der Waals surface area contributed by atoms with Crippen LogP contribution in [0.2, 0.25) is 0 Å². The van der Waals surface area contributed by atoms with E-state index in [-0.39, 0.29) is 0 Å². The Kier molecular flexibility index (Phi) is 3.39. The number of hydrogen-bond donors (Lipinski definition) is 1. The zero-order valence-electron chi connectivity index (χ0n) is 11.2. The zero-order chi connectivity index (χ0) is 14.0. The van der Waals surface area contributed by atoms with E-state index in [0.29, 0.717) is 28.4 Å². The summed E-state index contributed by atoms with van der Waals surface area (Å²) in [6.45, 7) is 5.61. The first-order valence-electron chi connectivity index (χ1n) is 5.93. The average molecular weight is 253 g/mol. The van der Waals surface area contributed by atoms with Gasteiger partial charge in [0.1, 0.15) is 17.4 Å². The SMILES string of the molecule is Cc1ccc(N)c(Oc2cc(C)nc(C)c2C#N)c1. The van der Waals surface area contributed by atoms with Gasteiger partial charge in [0.05, 0.1) is 11.4 Å².